The van der Waals surface area contributed by atoms with E-state index in [-0.39, 0.29) is 0 Å². The van der Waals surface area contributed by atoms with Crippen LogP contribution in [0.15, 0.2) is 23.6 Å². The van der Waals surface area contributed by atoms with Crippen molar-refractivity contribution in [2.45, 2.75) is 19.3 Å². The number of aliphatic carboxylic acids is 1. The number of ether oxygens (including phenoxy) is 1. The average Bonchev–Trinajstić information content (AvgIpc) is 2.90. The lowest BCUT2D eigenvalue weighted by atomic mass is 9.90. The summed E-state index contributed by atoms with van der Waals surface area (Å²) in [7, 11) is 1.57. The largest absolute Gasteiger partial charge is 0.497 e. The SMILES string of the molecule is COc1ccc(Cl)c(Nc2nc(C(C)(C)C(=O)O)cs2)c1. The highest BCUT2D eigenvalue weighted by atomic mass is 35.5. The van der Waals surface area contributed by atoms with Gasteiger partial charge in [0.1, 0.15) is 11.2 Å². The molecule has 21 heavy (non-hydrogen) atoms. The Morgan fingerprint density at radius 3 is 2.81 bits per heavy atom. The van der Waals surface area contributed by atoms with Crippen LogP contribution in [-0.2, 0) is 10.2 Å². The number of hydrogen-bond donors (Lipinski definition) is 2. The lowest BCUT2D eigenvalue weighted by Gasteiger charge is -2.15. The Hall–Kier alpha value is -1.79. The highest BCUT2D eigenvalue weighted by molar-refractivity contribution is 7.13. The lowest BCUT2D eigenvalue weighted by molar-refractivity contribution is -0.142. The summed E-state index contributed by atoms with van der Waals surface area (Å²) in [5, 5.41) is 15.1. The van der Waals surface area contributed by atoms with Crippen molar-refractivity contribution in [3.8, 4) is 5.75 Å². The first-order valence-corrected chi connectivity index (χ1v) is 7.40. The molecule has 0 bridgehead atoms. The second kappa shape index (κ2) is 5.91. The number of anilines is 2. The number of nitrogens with zero attached hydrogens (tertiary/aromatic N) is 1. The number of halogens is 1. The first-order valence-electron chi connectivity index (χ1n) is 6.14. The normalized spacial score (nSPS) is 11.2. The van der Waals surface area contributed by atoms with Gasteiger partial charge < -0.3 is 15.2 Å². The van der Waals surface area contributed by atoms with Gasteiger partial charge in [-0.2, -0.15) is 0 Å². The Bertz CT molecular complexity index is 670. The highest BCUT2D eigenvalue weighted by Gasteiger charge is 2.32. The van der Waals surface area contributed by atoms with Crippen LogP contribution in [0.2, 0.25) is 5.02 Å². The molecule has 0 atom stereocenters. The summed E-state index contributed by atoms with van der Waals surface area (Å²) in [6, 6.07) is 5.23. The van der Waals surface area contributed by atoms with Crippen LogP contribution in [0.4, 0.5) is 10.8 Å². The molecule has 0 saturated carbocycles. The number of carboxylic acids is 1. The van der Waals surface area contributed by atoms with Gasteiger partial charge in [-0.1, -0.05) is 11.6 Å². The molecule has 7 heteroatoms. The maximum atomic E-state index is 11.2. The fourth-order valence-electron chi connectivity index (χ4n) is 1.57. The molecule has 2 N–H and O–H groups in total. The molecule has 2 rings (SSSR count). The Morgan fingerprint density at radius 1 is 1.48 bits per heavy atom. The molecule has 1 aromatic heterocycles. The smallest absolute Gasteiger partial charge is 0.315 e. The molecular weight excluding hydrogens is 312 g/mol. The van der Waals surface area contributed by atoms with Gasteiger partial charge >= 0.3 is 5.97 Å². The Kier molecular flexibility index (Phi) is 4.39. The number of benzene rings is 1. The minimum Gasteiger partial charge on any atom is -0.497 e. The van der Waals surface area contributed by atoms with Gasteiger partial charge in [-0.15, -0.1) is 11.3 Å². The van der Waals surface area contributed by atoms with Gasteiger partial charge in [0.2, 0.25) is 0 Å². The van der Waals surface area contributed by atoms with Crippen LogP contribution in [-0.4, -0.2) is 23.2 Å². The summed E-state index contributed by atoms with van der Waals surface area (Å²) in [6.07, 6.45) is 0. The number of carbonyl (C=O) groups is 1. The maximum absolute atomic E-state index is 11.2. The van der Waals surface area contributed by atoms with Crippen molar-refractivity contribution in [1.29, 1.82) is 0 Å². The standard InChI is InChI=1S/C14H15ClN2O3S/c1-14(2,12(18)19)11-7-21-13(17-11)16-10-6-8(20-3)4-5-9(10)15/h4-7H,1-3H3,(H,16,17)(H,18,19). The molecule has 1 heterocycles. The van der Waals surface area contributed by atoms with E-state index >= 15 is 0 Å². The van der Waals surface area contributed by atoms with Crippen LogP contribution >= 0.6 is 22.9 Å². The number of nitrogens with one attached hydrogen (secondary N) is 1. The van der Waals surface area contributed by atoms with Crippen molar-refractivity contribution in [2.24, 2.45) is 0 Å². The number of rotatable bonds is 5. The van der Waals surface area contributed by atoms with Gasteiger partial charge in [0, 0.05) is 11.4 Å². The summed E-state index contributed by atoms with van der Waals surface area (Å²) >= 11 is 7.44. The molecule has 0 aliphatic rings. The summed E-state index contributed by atoms with van der Waals surface area (Å²) in [5.41, 5.74) is 0.126. The second-order valence-corrected chi connectivity index (χ2v) is 6.20. The fraction of sp³-hybridized carbons (Fsp3) is 0.286. The predicted octanol–water partition coefficient (Wildman–Crippen LogP) is 3.91. The van der Waals surface area contributed by atoms with E-state index < -0.39 is 11.4 Å². The summed E-state index contributed by atoms with van der Waals surface area (Å²) in [6.45, 7) is 3.24. The fourth-order valence-corrected chi connectivity index (χ4v) is 2.63. The van der Waals surface area contributed by atoms with Crippen molar-refractivity contribution in [2.75, 3.05) is 12.4 Å². The molecular formula is C14H15ClN2O3S. The van der Waals surface area contributed by atoms with Crippen molar-refractivity contribution in [1.82, 2.24) is 4.98 Å². The summed E-state index contributed by atoms with van der Waals surface area (Å²) in [4.78, 5) is 15.6. The minimum absolute atomic E-state index is 0.501. The quantitative estimate of drug-likeness (QED) is 0.871. The number of hydrogen-bond acceptors (Lipinski definition) is 5. The van der Waals surface area contributed by atoms with Crippen molar-refractivity contribution < 1.29 is 14.6 Å². The van der Waals surface area contributed by atoms with Crippen molar-refractivity contribution >= 4 is 39.7 Å². The second-order valence-electron chi connectivity index (χ2n) is 4.94. The number of carboxylic acid groups (broad SMARTS) is 1. The molecule has 0 spiro atoms. The van der Waals surface area contributed by atoms with Gasteiger partial charge in [-0.25, -0.2) is 4.98 Å². The molecule has 112 valence electrons. The molecule has 0 saturated heterocycles. The zero-order chi connectivity index (χ0) is 15.6. The van der Waals surface area contributed by atoms with Gasteiger partial charge in [-0.3, -0.25) is 4.79 Å². The molecule has 0 aliphatic carbocycles. The highest BCUT2D eigenvalue weighted by Crippen LogP contribution is 2.33. The van der Waals surface area contributed by atoms with Crippen LogP contribution in [0.1, 0.15) is 19.5 Å². The molecule has 2 aromatic rings. The maximum Gasteiger partial charge on any atom is 0.315 e. The van der Waals surface area contributed by atoms with Crippen molar-refractivity contribution in [3.63, 3.8) is 0 Å². The van der Waals surface area contributed by atoms with Crippen LogP contribution in [0.25, 0.3) is 0 Å². The molecule has 0 unspecified atom stereocenters. The molecule has 0 fully saturated rings. The van der Waals surface area contributed by atoms with E-state index in [4.69, 9.17) is 16.3 Å². The first kappa shape index (κ1) is 15.6. The third-order valence-corrected chi connectivity index (χ3v) is 4.18. The molecule has 0 amide bonds. The van der Waals surface area contributed by atoms with Gasteiger partial charge in [-0.05, 0) is 26.0 Å². The average molecular weight is 327 g/mol. The van der Waals surface area contributed by atoms with Crippen LogP contribution in [0, 0.1) is 0 Å². The lowest BCUT2D eigenvalue weighted by Crippen LogP contribution is -2.28. The Morgan fingerprint density at radius 2 is 2.19 bits per heavy atom. The molecule has 0 radical (unpaired) electrons. The van der Waals surface area contributed by atoms with Crippen molar-refractivity contribution in [3.05, 3.63) is 34.3 Å². The summed E-state index contributed by atoms with van der Waals surface area (Å²) < 4.78 is 5.15. The van der Waals surface area contributed by atoms with E-state index in [9.17, 15) is 9.90 Å². The molecule has 1 aromatic carbocycles. The number of aromatic nitrogens is 1. The van der Waals surface area contributed by atoms with E-state index in [0.29, 0.717) is 27.3 Å². The summed E-state index contributed by atoms with van der Waals surface area (Å²) in [5.74, 6) is -0.247. The van der Waals surface area contributed by atoms with Gasteiger partial charge in [0.25, 0.3) is 0 Å². The van der Waals surface area contributed by atoms with E-state index in [1.165, 1.54) is 11.3 Å². The minimum atomic E-state index is -1.03. The zero-order valence-corrected chi connectivity index (χ0v) is 13.4. The van der Waals surface area contributed by atoms with Gasteiger partial charge in [0.05, 0.1) is 23.5 Å². The van der Waals surface area contributed by atoms with Crippen LogP contribution < -0.4 is 10.1 Å². The van der Waals surface area contributed by atoms with E-state index in [1.54, 1.807) is 44.5 Å². The topological polar surface area (TPSA) is 71.5 Å². The van der Waals surface area contributed by atoms with Gasteiger partial charge in [0.15, 0.2) is 5.13 Å². The van der Waals surface area contributed by atoms with Crippen LogP contribution in [0.5, 0.6) is 5.75 Å². The predicted molar refractivity (Wildman–Crippen MR) is 84.1 cm³/mol. The first-order chi connectivity index (χ1) is 9.84. The zero-order valence-electron chi connectivity index (χ0n) is 11.8. The Labute approximate surface area is 131 Å². The molecule has 0 aliphatic heterocycles. The van der Waals surface area contributed by atoms with E-state index in [2.05, 4.69) is 10.3 Å². The number of thiazole rings is 1. The van der Waals surface area contributed by atoms with Crippen LogP contribution in [0.3, 0.4) is 0 Å². The molecule has 5 nitrogen and oxygen atoms in total. The Balaban J connectivity index is 2.26. The van der Waals surface area contributed by atoms with E-state index in [0.717, 1.165) is 0 Å². The third kappa shape index (κ3) is 3.28. The van der Waals surface area contributed by atoms with E-state index in [1.807, 2.05) is 0 Å². The number of methoxy groups -OCH3 is 1. The monoisotopic (exact) mass is 326 g/mol. The third-order valence-electron chi connectivity index (χ3n) is 3.09.